The number of ether oxygens (including phenoxy) is 1. The predicted molar refractivity (Wildman–Crippen MR) is 73.5 cm³/mol. The number of carbonyl (C=O) groups excluding carboxylic acids is 1. The minimum absolute atomic E-state index is 0.00789. The number of Topliss-reactive ketones (excluding diaryl/α,β-unsaturated/α-hetero) is 1. The molecule has 0 fully saturated rings. The van der Waals surface area contributed by atoms with Gasteiger partial charge in [0.25, 0.3) is 0 Å². The molecule has 5 nitrogen and oxygen atoms in total. The Morgan fingerprint density at radius 1 is 1.26 bits per heavy atom. The van der Waals surface area contributed by atoms with Gasteiger partial charge in [0, 0.05) is 11.9 Å². The smallest absolute Gasteiger partial charge is 0.461 e. The van der Waals surface area contributed by atoms with Crippen molar-refractivity contribution in [3.8, 4) is 11.8 Å². The Morgan fingerprint density at radius 3 is 2.48 bits per heavy atom. The van der Waals surface area contributed by atoms with Crippen molar-refractivity contribution in [2.45, 2.75) is 6.36 Å². The molecule has 0 unspecified atom stereocenters. The molecule has 1 N–H and O–H groups in total. The molecular formula is C15H9F3N2O3. The third kappa shape index (κ3) is 4.64. The van der Waals surface area contributed by atoms with E-state index in [1.807, 2.05) is 0 Å². The van der Waals surface area contributed by atoms with E-state index in [4.69, 9.17) is 9.68 Å². The number of anilines is 1. The van der Waals surface area contributed by atoms with Crippen LogP contribution in [0.15, 0.2) is 58.9 Å². The van der Waals surface area contributed by atoms with Gasteiger partial charge in [-0.25, -0.2) is 0 Å². The Hall–Kier alpha value is -3.21. The van der Waals surface area contributed by atoms with E-state index in [9.17, 15) is 18.0 Å². The number of nitrogens with one attached hydrogen (secondary N) is 1. The number of alkyl halides is 3. The lowest BCUT2D eigenvalue weighted by atomic mass is 10.1. The Kier molecular flexibility index (Phi) is 4.71. The van der Waals surface area contributed by atoms with Crippen molar-refractivity contribution in [1.29, 1.82) is 5.26 Å². The van der Waals surface area contributed by atoms with Crippen LogP contribution in [0.25, 0.3) is 0 Å². The van der Waals surface area contributed by atoms with E-state index in [0.717, 1.165) is 18.3 Å². The summed E-state index contributed by atoms with van der Waals surface area (Å²) >= 11 is 0. The Balaban J connectivity index is 2.06. The van der Waals surface area contributed by atoms with Crippen LogP contribution in [-0.2, 0) is 0 Å². The number of rotatable bonds is 5. The number of allylic oxidation sites excluding steroid dienone is 1. The first-order valence-electron chi connectivity index (χ1n) is 6.20. The van der Waals surface area contributed by atoms with Gasteiger partial charge in [-0.3, -0.25) is 4.79 Å². The van der Waals surface area contributed by atoms with Gasteiger partial charge in [-0.15, -0.1) is 13.2 Å². The number of benzene rings is 1. The molecule has 2 rings (SSSR count). The molecule has 0 atom stereocenters. The summed E-state index contributed by atoms with van der Waals surface area (Å²) in [6.07, 6.45) is -2.32. The normalized spacial score (nSPS) is 11.7. The van der Waals surface area contributed by atoms with Crippen molar-refractivity contribution in [3.05, 3.63) is 60.2 Å². The maximum absolute atomic E-state index is 12.0. The molecule has 0 saturated carbocycles. The lowest BCUT2D eigenvalue weighted by Crippen LogP contribution is -2.16. The number of hydrogen-bond donors (Lipinski definition) is 1. The van der Waals surface area contributed by atoms with E-state index in [1.165, 1.54) is 30.5 Å². The zero-order chi connectivity index (χ0) is 16.9. The quantitative estimate of drug-likeness (QED) is 0.513. The van der Waals surface area contributed by atoms with Crippen LogP contribution >= 0.6 is 0 Å². The van der Waals surface area contributed by atoms with E-state index in [-0.39, 0.29) is 17.1 Å². The van der Waals surface area contributed by atoms with E-state index >= 15 is 0 Å². The maximum atomic E-state index is 12.0. The summed E-state index contributed by atoms with van der Waals surface area (Å²) < 4.78 is 44.7. The van der Waals surface area contributed by atoms with Gasteiger partial charge >= 0.3 is 6.36 Å². The Morgan fingerprint density at radius 2 is 1.96 bits per heavy atom. The van der Waals surface area contributed by atoms with E-state index in [0.29, 0.717) is 5.69 Å². The van der Waals surface area contributed by atoms with Crippen LogP contribution in [0.4, 0.5) is 18.9 Å². The number of ketones is 1. The van der Waals surface area contributed by atoms with E-state index in [2.05, 4.69) is 10.1 Å². The third-order valence-corrected chi connectivity index (χ3v) is 2.58. The zero-order valence-corrected chi connectivity index (χ0v) is 11.4. The van der Waals surface area contributed by atoms with Crippen molar-refractivity contribution < 1.29 is 27.1 Å². The first-order chi connectivity index (χ1) is 10.9. The molecule has 0 saturated heterocycles. The molecule has 0 bridgehead atoms. The van der Waals surface area contributed by atoms with Crippen LogP contribution in [-0.4, -0.2) is 12.1 Å². The molecule has 0 spiro atoms. The summed E-state index contributed by atoms with van der Waals surface area (Å²) in [6.45, 7) is 0. The van der Waals surface area contributed by atoms with Crippen molar-refractivity contribution in [3.63, 3.8) is 0 Å². The summed E-state index contributed by atoms with van der Waals surface area (Å²) in [5.74, 6) is -0.977. The van der Waals surface area contributed by atoms with Gasteiger partial charge in [0.15, 0.2) is 5.76 Å². The van der Waals surface area contributed by atoms with Gasteiger partial charge in [0.2, 0.25) is 5.78 Å². The van der Waals surface area contributed by atoms with Crippen LogP contribution in [0.1, 0.15) is 10.6 Å². The highest BCUT2D eigenvalue weighted by molar-refractivity contribution is 6.09. The second kappa shape index (κ2) is 6.70. The van der Waals surface area contributed by atoms with Gasteiger partial charge < -0.3 is 14.5 Å². The van der Waals surface area contributed by atoms with E-state index < -0.39 is 12.1 Å². The van der Waals surface area contributed by atoms with Crippen LogP contribution in [0.5, 0.6) is 5.75 Å². The summed E-state index contributed by atoms with van der Waals surface area (Å²) in [5, 5.41) is 11.6. The average Bonchev–Trinajstić information content (AvgIpc) is 3.02. The molecule has 2 aromatic rings. The number of nitrogens with zero attached hydrogens (tertiary/aromatic N) is 1. The van der Waals surface area contributed by atoms with Crippen molar-refractivity contribution in [2.24, 2.45) is 0 Å². The van der Waals surface area contributed by atoms with Gasteiger partial charge in [-0.05, 0) is 36.4 Å². The number of hydrogen-bond acceptors (Lipinski definition) is 5. The lowest BCUT2D eigenvalue weighted by Gasteiger charge is -2.09. The molecule has 23 heavy (non-hydrogen) atoms. The van der Waals surface area contributed by atoms with Gasteiger partial charge in [0.05, 0.1) is 6.26 Å². The number of halogens is 3. The van der Waals surface area contributed by atoms with Crippen LogP contribution in [0, 0.1) is 11.3 Å². The zero-order valence-electron chi connectivity index (χ0n) is 11.4. The molecule has 118 valence electrons. The summed E-state index contributed by atoms with van der Waals surface area (Å²) in [7, 11) is 0. The topological polar surface area (TPSA) is 75.3 Å². The van der Waals surface area contributed by atoms with Gasteiger partial charge in [-0.2, -0.15) is 5.26 Å². The third-order valence-electron chi connectivity index (χ3n) is 2.58. The molecular weight excluding hydrogens is 313 g/mol. The first-order valence-corrected chi connectivity index (χ1v) is 6.20. The van der Waals surface area contributed by atoms with E-state index in [1.54, 1.807) is 6.07 Å². The second-order valence-corrected chi connectivity index (χ2v) is 4.19. The summed E-state index contributed by atoms with van der Waals surface area (Å²) in [4.78, 5) is 11.9. The van der Waals surface area contributed by atoms with Gasteiger partial charge in [-0.1, -0.05) is 0 Å². The maximum Gasteiger partial charge on any atom is 0.573 e. The molecule has 1 aromatic heterocycles. The monoisotopic (exact) mass is 322 g/mol. The fraction of sp³-hybridized carbons (Fsp3) is 0.0667. The van der Waals surface area contributed by atoms with Gasteiger partial charge in [0.1, 0.15) is 17.4 Å². The fourth-order valence-corrected chi connectivity index (χ4v) is 1.60. The highest BCUT2D eigenvalue weighted by Gasteiger charge is 2.30. The average molecular weight is 322 g/mol. The molecule has 0 aliphatic carbocycles. The minimum Gasteiger partial charge on any atom is -0.461 e. The SMILES string of the molecule is N#C/C(=C\Nc1ccc(OC(F)(F)F)cc1)C(=O)c1ccco1. The highest BCUT2D eigenvalue weighted by Crippen LogP contribution is 2.24. The second-order valence-electron chi connectivity index (χ2n) is 4.19. The molecule has 8 heteroatoms. The van der Waals surface area contributed by atoms with Crippen LogP contribution in [0.2, 0.25) is 0 Å². The lowest BCUT2D eigenvalue weighted by molar-refractivity contribution is -0.274. The number of carbonyl (C=O) groups is 1. The highest BCUT2D eigenvalue weighted by atomic mass is 19.4. The largest absolute Gasteiger partial charge is 0.573 e. The first kappa shape index (κ1) is 16.2. The molecule has 0 aliphatic rings. The van der Waals surface area contributed by atoms with Crippen LogP contribution < -0.4 is 10.1 Å². The van der Waals surface area contributed by atoms with Crippen molar-refractivity contribution >= 4 is 11.5 Å². The molecule has 0 radical (unpaired) electrons. The Labute approximate surface area is 128 Å². The summed E-state index contributed by atoms with van der Waals surface area (Å²) in [5.41, 5.74) is 0.162. The van der Waals surface area contributed by atoms with Crippen molar-refractivity contribution in [2.75, 3.05) is 5.32 Å². The molecule has 1 heterocycles. The number of nitriles is 1. The number of furan rings is 1. The minimum atomic E-state index is -4.77. The standard InChI is InChI=1S/C15H9F3N2O3/c16-15(17,18)23-12-5-3-11(4-6-12)20-9-10(8-19)14(21)13-2-1-7-22-13/h1-7,9,20H/b10-9+. The fourth-order valence-electron chi connectivity index (χ4n) is 1.60. The van der Waals surface area contributed by atoms with Crippen molar-refractivity contribution in [1.82, 2.24) is 0 Å². The summed E-state index contributed by atoms with van der Waals surface area (Å²) in [6, 6.07) is 9.46. The predicted octanol–water partition coefficient (Wildman–Crippen LogP) is 3.88. The van der Waals surface area contributed by atoms with Crippen LogP contribution in [0.3, 0.4) is 0 Å². The molecule has 0 aliphatic heterocycles. The molecule has 1 aromatic carbocycles. The Bertz CT molecular complexity index is 742. The molecule has 0 amide bonds.